The number of aromatic nitrogens is 3. The Morgan fingerprint density at radius 3 is 2.32 bits per heavy atom. The molecule has 1 saturated heterocycles. The SMILES string of the molecule is CC(C)CN1CCn2c(nnc2C2CCN(S(=O)(=O)C(C)C)CC2)C1. The fourth-order valence-electron chi connectivity index (χ4n) is 3.87. The highest BCUT2D eigenvalue weighted by atomic mass is 32.2. The highest BCUT2D eigenvalue weighted by Crippen LogP contribution is 2.30. The number of sulfonamides is 1. The summed E-state index contributed by atoms with van der Waals surface area (Å²) < 4.78 is 28.6. The van der Waals surface area contributed by atoms with Crippen molar-refractivity contribution in [2.75, 3.05) is 26.2 Å². The Bertz CT molecular complexity index is 690. The van der Waals surface area contributed by atoms with E-state index in [-0.39, 0.29) is 5.25 Å². The molecule has 2 aliphatic heterocycles. The minimum Gasteiger partial charge on any atom is -0.312 e. The molecule has 142 valence electrons. The molecule has 8 heteroatoms. The summed E-state index contributed by atoms with van der Waals surface area (Å²) in [5.74, 6) is 3.08. The average Bonchev–Trinajstić information content (AvgIpc) is 2.97. The lowest BCUT2D eigenvalue weighted by Gasteiger charge is -2.33. The Balaban J connectivity index is 1.65. The van der Waals surface area contributed by atoms with Crippen LogP contribution in [0.1, 0.15) is 58.1 Å². The normalized spacial score (nSPS) is 21.2. The molecule has 0 saturated carbocycles. The predicted molar refractivity (Wildman–Crippen MR) is 97.7 cm³/mol. The minimum atomic E-state index is -3.14. The standard InChI is InChI=1S/C17H31N5O2S/c1-13(2)11-20-9-10-22-16(12-20)18-19-17(22)15-5-7-21(8-6-15)25(23,24)14(3)4/h13-15H,5-12H2,1-4H3. The van der Waals surface area contributed by atoms with Crippen LogP contribution in [0.4, 0.5) is 0 Å². The number of fused-ring (bicyclic) bond motifs is 1. The first-order valence-corrected chi connectivity index (χ1v) is 10.9. The summed E-state index contributed by atoms with van der Waals surface area (Å²) in [4.78, 5) is 2.44. The fraction of sp³-hybridized carbons (Fsp3) is 0.882. The van der Waals surface area contributed by atoms with Crippen molar-refractivity contribution in [2.45, 2.75) is 64.8 Å². The molecule has 0 amide bonds. The molecule has 1 fully saturated rings. The van der Waals surface area contributed by atoms with Gasteiger partial charge in [-0.1, -0.05) is 13.8 Å². The molecule has 0 atom stereocenters. The van der Waals surface area contributed by atoms with Crippen molar-refractivity contribution in [3.63, 3.8) is 0 Å². The van der Waals surface area contributed by atoms with Crippen molar-refractivity contribution >= 4 is 10.0 Å². The van der Waals surface area contributed by atoms with Crippen LogP contribution in [0.25, 0.3) is 0 Å². The number of hydrogen-bond donors (Lipinski definition) is 0. The van der Waals surface area contributed by atoms with Gasteiger partial charge in [-0.15, -0.1) is 10.2 Å². The largest absolute Gasteiger partial charge is 0.312 e. The molecule has 2 aliphatic rings. The Hall–Kier alpha value is -0.990. The summed E-state index contributed by atoms with van der Waals surface area (Å²) in [5.41, 5.74) is 0. The molecule has 0 bridgehead atoms. The smallest absolute Gasteiger partial charge is 0.216 e. The quantitative estimate of drug-likeness (QED) is 0.789. The zero-order valence-electron chi connectivity index (χ0n) is 15.8. The van der Waals surface area contributed by atoms with Gasteiger partial charge in [-0.2, -0.15) is 0 Å². The number of piperidine rings is 1. The lowest BCUT2D eigenvalue weighted by atomic mass is 9.97. The van der Waals surface area contributed by atoms with Crippen LogP contribution < -0.4 is 0 Å². The number of nitrogens with zero attached hydrogens (tertiary/aromatic N) is 5. The van der Waals surface area contributed by atoms with Gasteiger partial charge >= 0.3 is 0 Å². The lowest BCUT2D eigenvalue weighted by Crippen LogP contribution is -2.42. The second-order valence-corrected chi connectivity index (χ2v) is 10.5. The lowest BCUT2D eigenvalue weighted by molar-refractivity contribution is 0.191. The zero-order chi connectivity index (χ0) is 18.2. The first-order chi connectivity index (χ1) is 11.8. The van der Waals surface area contributed by atoms with Gasteiger partial charge in [0, 0.05) is 38.6 Å². The summed E-state index contributed by atoms with van der Waals surface area (Å²) >= 11 is 0. The summed E-state index contributed by atoms with van der Waals surface area (Å²) in [7, 11) is -3.14. The van der Waals surface area contributed by atoms with Crippen molar-refractivity contribution < 1.29 is 8.42 Å². The van der Waals surface area contributed by atoms with Gasteiger partial charge in [0.15, 0.2) is 0 Å². The van der Waals surface area contributed by atoms with Gasteiger partial charge in [-0.05, 0) is 32.6 Å². The van der Waals surface area contributed by atoms with Gasteiger partial charge < -0.3 is 4.57 Å². The van der Waals surface area contributed by atoms with Crippen molar-refractivity contribution in [2.24, 2.45) is 5.92 Å². The van der Waals surface area contributed by atoms with E-state index in [0.717, 1.165) is 50.7 Å². The van der Waals surface area contributed by atoms with Gasteiger partial charge in [0.25, 0.3) is 0 Å². The molecule has 3 heterocycles. The number of rotatable bonds is 5. The molecule has 3 rings (SSSR count). The molecule has 1 aromatic heterocycles. The Labute approximate surface area is 151 Å². The van der Waals surface area contributed by atoms with E-state index in [1.54, 1.807) is 18.2 Å². The number of hydrogen-bond acceptors (Lipinski definition) is 5. The van der Waals surface area contributed by atoms with Crippen LogP contribution in [-0.2, 0) is 23.1 Å². The van der Waals surface area contributed by atoms with Gasteiger partial charge in [-0.3, -0.25) is 4.90 Å². The van der Waals surface area contributed by atoms with Gasteiger partial charge in [0.2, 0.25) is 10.0 Å². The van der Waals surface area contributed by atoms with E-state index < -0.39 is 10.0 Å². The maximum Gasteiger partial charge on any atom is 0.216 e. The molecule has 1 aromatic rings. The predicted octanol–water partition coefficient (Wildman–Crippen LogP) is 1.67. The van der Waals surface area contributed by atoms with Crippen LogP contribution in [0.15, 0.2) is 0 Å². The van der Waals surface area contributed by atoms with E-state index in [0.29, 0.717) is 24.9 Å². The third-order valence-corrected chi connectivity index (χ3v) is 7.54. The van der Waals surface area contributed by atoms with Crippen molar-refractivity contribution in [1.29, 1.82) is 0 Å². The summed E-state index contributed by atoms with van der Waals surface area (Å²) in [6, 6.07) is 0. The third-order valence-electron chi connectivity index (χ3n) is 5.26. The van der Waals surface area contributed by atoms with E-state index in [9.17, 15) is 8.42 Å². The Kier molecular flexibility index (Phi) is 5.51. The summed E-state index contributed by atoms with van der Waals surface area (Å²) in [6.45, 7) is 13.1. The molecule has 25 heavy (non-hydrogen) atoms. The van der Waals surface area contributed by atoms with Gasteiger partial charge in [-0.25, -0.2) is 12.7 Å². The summed E-state index contributed by atoms with van der Waals surface area (Å²) in [6.07, 6.45) is 1.67. The first kappa shape index (κ1) is 18.8. The highest BCUT2D eigenvalue weighted by Gasteiger charge is 2.33. The van der Waals surface area contributed by atoms with Crippen LogP contribution >= 0.6 is 0 Å². The molecular formula is C17H31N5O2S. The Morgan fingerprint density at radius 1 is 1.04 bits per heavy atom. The maximum atomic E-state index is 12.3. The van der Waals surface area contributed by atoms with Gasteiger partial charge in [0.1, 0.15) is 11.6 Å². The van der Waals surface area contributed by atoms with Crippen molar-refractivity contribution in [3.05, 3.63) is 11.6 Å². The van der Waals surface area contributed by atoms with Crippen LogP contribution in [0.5, 0.6) is 0 Å². The minimum absolute atomic E-state index is 0.316. The highest BCUT2D eigenvalue weighted by molar-refractivity contribution is 7.89. The van der Waals surface area contributed by atoms with E-state index in [1.807, 2.05) is 0 Å². The molecule has 0 radical (unpaired) electrons. The zero-order valence-corrected chi connectivity index (χ0v) is 16.7. The van der Waals surface area contributed by atoms with Crippen LogP contribution in [-0.4, -0.2) is 63.8 Å². The Morgan fingerprint density at radius 2 is 1.72 bits per heavy atom. The van der Waals surface area contributed by atoms with Crippen LogP contribution in [0.2, 0.25) is 0 Å². The molecule has 0 aliphatic carbocycles. The third kappa shape index (κ3) is 3.90. The fourth-order valence-corrected chi connectivity index (χ4v) is 5.19. The molecule has 0 spiro atoms. The second-order valence-electron chi connectivity index (χ2n) is 8.02. The molecular weight excluding hydrogens is 338 g/mol. The van der Waals surface area contributed by atoms with Crippen molar-refractivity contribution in [3.8, 4) is 0 Å². The monoisotopic (exact) mass is 369 g/mol. The molecule has 0 unspecified atom stereocenters. The second kappa shape index (κ2) is 7.32. The van der Waals surface area contributed by atoms with E-state index in [1.165, 1.54) is 0 Å². The van der Waals surface area contributed by atoms with E-state index in [4.69, 9.17) is 0 Å². The molecule has 0 aromatic carbocycles. The van der Waals surface area contributed by atoms with E-state index >= 15 is 0 Å². The maximum absolute atomic E-state index is 12.3. The van der Waals surface area contributed by atoms with Crippen LogP contribution in [0.3, 0.4) is 0 Å². The molecule has 0 N–H and O–H groups in total. The van der Waals surface area contributed by atoms with Crippen molar-refractivity contribution in [1.82, 2.24) is 24.0 Å². The summed E-state index contributed by atoms with van der Waals surface area (Å²) in [5, 5.41) is 8.55. The van der Waals surface area contributed by atoms with Crippen LogP contribution in [0, 0.1) is 5.92 Å². The van der Waals surface area contributed by atoms with E-state index in [2.05, 4.69) is 33.5 Å². The van der Waals surface area contributed by atoms with Gasteiger partial charge in [0.05, 0.1) is 11.8 Å². The molecule has 7 nitrogen and oxygen atoms in total. The topological polar surface area (TPSA) is 71.3 Å². The average molecular weight is 370 g/mol. The first-order valence-electron chi connectivity index (χ1n) is 9.42.